The molecular weight excluding hydrogens is 629 g/mol. The summed E-state index contributed by atoms with van der Waals surface area (Å²) in [6.45, 7) is 5.13. The molecule has 2 aromatic heterocycles. The molecule has 4 aromatic carbocycles. The Bertz CT molecular complexity index is 2510. The quantitative estimate of drug-likeness (QED) is 0.172. The fraction of sp³-hybridized carbons (Fsp3) is 0.280. The van der Waals surface area contributed by atoms with Crippen LogP contribution in [0.3, 0.4) is 0 Å². The zero-order valence-electron chi connectivity index (χ0n) is 30.6. The number of hydrogen-bond acceptors (Lipinski definition) is 0. The average Bonchev–Trinajstić information content (AvgIpc) is 3.72. The molecule has 4 atom stereocenters. The van der Waals surface area contributed by atoms with Crippen molar-refractivity contribution in [3.05, 3.63) is 161 Å². The lowest BCUT2D eigenvalue weighted by Crippen LogP contribution is -2.38. The van der Waals surface area contributed by atoms with Crippen molar-refractivity contribution in [1.82, 2.24) is 9.13 Å². The summed E-state index contributed by atoms with van der Waals surface area (Å²) in [4.78, 5) is 0. The van der Waals surface area contributed by atoms with Crippen molar-refractivity contribution in [1.29, 1.82) is 0 Å². The van der Waals surface area contributed by atoms with Gasteiger partial charge in [0.15, 0.2) is 0 Å². The SMILES string of the molecule is CC1C(n2c3c(c4ccccc42)CCC(c2ccc4c(c2)c2ccccc2n4C2=CCC(c4ccccc4)C=C2)=C3)CCCC1(C)C1=CC=CCC1. The lowest BCUT2D eigenvalue weighted by molar-refractivity contribution is 0.109. The Morgan fingerprint density at radius 3 is 2.37 bits per heavy atom. The van der Waals surface area contributed by atoms with Gasteiger partial charge in [0.2, 0.25) is 0 Å². The number of rotatable bonds is 5. The minimum Gasteiger partial charge on any atom is -0.337 e. The molecule has 0 spiro atoms. The van der Waals surface area contributed by atoms with Crippen LogP contribution >= 0.6 is 0 Å². The normalized spacial score (nSPS) is 24.6. The highest BCUT2D eigenvalue weighted by molar-refractivity contribution is 6.11. The molecule has 2 heterocycles. The highest BCUT2D eigenvalue weighted by Crippen LogP contribution is 2.54. The summed E-state index contributed by atoms with van der Waals surface area (Å²) in [7, 11) is 0. The Hall–Kier alpha value is -5.08. The summed E-state index contributed by atoms with van der Waals surface area (Å²) in [5.41, 5.74) is 14.4. The first-order chi connectivity index (χ1) is 25.6. The van der Waals surface area contributed by atoms with Crippen molar-refractivity contribution in [2.45, 2.75) is 77.2 Å². The number of hydrogen-bond donors (Lipinski definition) is 0. The van der Waals surface area contributed by atoms with Gasteiger partial charge in [0.25, 0.3) is 0 Å². The fourth-order valence-electron chi connectivity index (χ4n) is 10.5. The molecule has 0 N–H and O–H groups in total. The zero-order chi connectivity index (χ0) is 34.8. The first-order valence-corrected chi connectivity index (χ1v) is 19.7. The molecule has 10 rings (SSSR count). The number of aryl methyl sites for hydroxylation is 1. The van der Waals surface area contributed by atoms with Crippen molar-refractivity contribution in [2.24, 2.45) is 11.3 Å². The number of para-hydroxylation sites is 2. The molecule has 0 amide bonds. The maximum Gasteiger partial charge on any atom is 0.0541 e. The number of fused-ring (bicyclic) bond motifs is 6. The van der Waals surface area contributed by atoms with Gasteiger partial charge in [-0.1, -0.05) is 129 Å². The molecule has 52 heavy (non-hydrogen) atoms. The summed E-state index contributed by atoms with van der Waals surface area (Å²) < 4.78 is 5.27. The van der Waals surface area contributed by atoms with Crippen LogP contribution in [0.15, 0.2) is 139 Å². The van der Waals surface area contributed by atoms with Crippen molar-refractivity contribution in [3.63, 3.8) is 0 Å². The Kier molecular flexibility index (Phi) is 7.64. The van der Waals surface area contributed by atoms with Gasteiger partial charge >= 0.3 is 0 Å². The van der Waals surface area contributed by atoms with E-state index in [2.05, 4.69) is 163 Å². The second kappa shape index (κ2) is 12.6. The third-order valence-electron chi connectivity index (χ3n) is 13.5. The molecule has 258 valence electrons. The van der Waals surface area contributed by atoms with E-state index in [1.165, 1.54) is 92.9 Å². The van der Waals surface area contributed by atoms with E-state index >= 15 is 0 Å². The van der Waals surface area contributed by atoms with Crippen molar-refractivity contribution in [2.75, 3.05) is 0 Å². The summed E-state index contributed by atoms with van der Waals surface area (Å²) in [6, 6.07) is 36.9. The van der Waals surface area contributed by atoms with Gasteiger partial charge < -0.3 is 9.13 Å². The first kappa shape index (κ1) is 31.6. The van der Waals surface area contributed by atoms with Gasteiger partial charge in [-0.25, -0.2) is 0 Å². The standard InChI is InChI=1S/C50H48N2/c1-34-45(22-13-31-50(34,2)39-16-7-4-8-17-39)52-47-21-12-9-18-41(47)43-29-25-38(33-49(43)52)37-26-30-48-44(32-37)42-19-10-11-20-46(42)51(48)40-27-23-36(24-28-40)35-14-5-3-6-15-35/h3-7,9-12,14-16,18-21,23,26-28,30,32-34,36,45H,8,13,17,22,24-25,29,31H2,1-2H3. The van der Waals surface area contributed by atoms with Gasteiger partial charge in [-0.05, 0) is 115 Å². The van der Waals surface area contributed by atoms with Gasteiger partial charge in [-0.2, -0.15) is 0 Å². The van der Waals surface area contributed by atoms with Crippen LogP contribution in [0, 0.1) is 11.3 Å². The van der Waals surface area contributed by atoms with E-state index in [0.717, 1.165) is 19.3 Å². The van der Waals surface area contributed by atoms with Gasteiger partial charge in [-0.3, -0.25) is 0 Å². The maximum absolute atomic E-state index is 2.79. The van der Waals surface area contributed by atoms with Crippen molar-refractivity contribution in [3.8, 4) is 0 Å². The summed E-state index contributed by atoms with van der Waals surface area (Å²) in [5, 5.41) is 4.12. The van der Waals surface area contributed by atoms with Gasteiger partial charge in [0, 0.05) is 45.0 Å². The van der Waals surface area contributed by atoms with E-state index in [1.54, 1.807) is 11.1 Å². The second-order valence-electron chi connectivity index (χ2n) is 16.1. The third-order valence-corrected chi connectivity index (χ3v) is 13.5. The predicted octanol–water partition coefficient (Wildman–Crippen LogP) is 13.5. The van der Waals surface area contributed by atoms with Gasteiger partial charge in [-0.15, -0.1) is 0 Å². The maximum atomic E-state index is 2.79. The topological polar surface area (TPSA) is 9.86 Å². The first-order valence-electron chi connectivity index (χ1n) is 19.7. The van der Waals surface area contributed by atoms with E-state index in [1.807, 2.05) is 0 Å². The monoisotopic (exact) mass is 676 g/mol. The highest BCUT2D eigenvalue weighted by atomic mass is 15.0. The minimum absolute atomic E-state index is 0.234. The smallest absolute Gasteiger partial charge is 0.0541 e. The molecule has 0 aliphatic heterocycles. The van der Waals surface area contributed by atoms with Crippen LogP contribution in [0.25, 0.3) is 50.1 Å². The third kappa shape index (κ3) is 4.98. The zero-order valence-corrected chi connectivity index (χ0v) is 30.6. The molecule has 6 aromatic rings. The van der Waals surface area contributed by atoms with Gasteiger partial charge in [0.05, 0.1) is 11.0 Å². The van der Waals surface area contributed by atoms with E-state index in [-0.39, 0.29) is 5.41 Å². The van der Waals surface area contributed by atoms with E-state index < -0.39 is 0 Å². The van der Waals surface area contributed by atoms with Crippen LogP contribution in [0.2, 0.25) is 0 Å². The van der Waals surface area contributed by atoms with Gasteiger partial charge in [0.1, 0.15) is 0 Å². The summed E-state index contributed by atoms with van der Waals surface area (Å²) >= 11 is 0. The van der Waals surface area contributed by atoms with E-state index in [4.69, 9.17) is 0 Å². The molecule has 2 heteroatoms. The molecule has 0 radical (unpaired) electrons. The molecule has 2 nitrogen and oxygen atoms in total. The summed E-state index contributed by atoms with van der Waals surface area (Å²) in [6.07, 6.45) is 26.2. The van der Waals surface area contributed by atoms with Crippen LogP contribution in [-0.4, -0.2) is 9.13 Å². The molecule has 4 aliphatic rings. The van der Waals surface area contributed by atoms with E-state index in [9.17, 15) is 0 Å². The predicted molar refractivity (Wildman–Crippen MR) is 221 cm³/mol. The number of nitrogens with zero attached hydrogens (tertiary/aromatic N) is 2. The Balaban J connectivity index is 1.06. The largest absolute Gasteiger partial charge is 0.337 e. The molecule has 1 fully saturated rings. The molecular formula is C50H48N2. The van der Waals surface area contributed by atoms with Crippen LogP contribution in [0.4, 0.5) is 0 Å². The van der Waals surface area contributed by atoms with Crippen molar-refractivity contribution >= 4 is 50.1 Å². The van der Waals surface area contributed by atoms with Crippen LogP contribution < -0.4 is 0 Å². The lowest BCUT2D eigenvalue weighted by atomic mass is 9.61. The molecule has 0 bridgehead atoms. The molecule has 1 saturated carbocycles. The number of benzene rings is 4. The molecule has 4 aliphatic carbocycles. The van der Waals surface area contributed by atoms with Crippen LogP contribution in [0.1, 0.15) is 93.1 Å². The number of allylic oxidation sites excluding steroid dienone is 9. The van der Waals surface area contributed by atoms with Crippen LogP contribution in [0.5, 0.6) is 0 Å². The van der Waals surface area contributed by atoms with E-state index in [0.29, 0.717) is 17.9 Å². The molecule has 0 saturated heterocycles. The minimum atomic E-state index is 0.234. The Labute approximate surface area is 308 Å². The fourth-order valence-corrected chi connectivity index (χ4v) is 10.5. The second-order valence-corrected chi connectivity index (χ2v) is 16.1. The van der Waals surface area contributed by atoms with Crippen molar-refractivity contribution < 1.29 is 0 Å². The molecule has 4 unspecified atom stereocenters. The Morgan fingerprint density at radius 1 is 0.769 bits per heavy atom. The Morgan fingerprint density at radius 2 is 1.56 bits per heavy atom. The average molecular weight is 677 g/mol. The summed E-state index contributed by atoms with van der Waals surface area (Å²) in [5.74, 6) is 0.987. The van der Waals surface area contributed by atoms with Crippen LogP contribution in [-0.2, 0) is 6.42 Å². The highest BCUT2D eigenvalue weighted by Gasteiger charge is 2.43. The number of aromatic nitrogens is 2. The lowest BCUT2D eigenvalue weighted by Gasteiger charge is -2.48.